The van der Waals surface area contributed by atoms with Crippen LogP contribution in [-0.4, -0.2) is 21.2 Å². The predicted molar refractivity (Wildman–Crippen MR) is 95.0 cm³/mol. The second-order valence-electron chi connectivity index (χ2n) is 5.68. The maximum Gasteiger partial charge on any atom is 0.0660 e. The highest BCUT2D eigenvalue weighted by atomic mass is 32.1. The zero-order chi connectivity index (χ0) is 16.4. The van der Waals surface area contributed by atoms with E-state index in [1.54, 1.807) is 0 Å². The molecule has 3 rings (SSSR count). The van der Waals surface area contributed by atoms with Crippen LogP contribution in [0.15, 0.2) is 63.5 Å². The number of hydrogen-bond acceptors (Lipinski definition) is 6. The van der Waals surface area contributed by atoms with Gasteiger partial charge in [-0.1, -0.05) is 29.4 Å². The fourth-order valence-corrected chi connectivity index (χ4v) is 3.49. The van der Waals surface area contributed by atoms with Crippen LogP contribution < -0.4 is 0 Å². The van der Waals surface area contributed by atoms with Gasteiger partial charge in [-0.25, -0.2) is 0 Å². The molecule has 1 aliphatic rings. The average Bonchev–Trinajstić information content (AvgIpc) is 2.55. The summed E-state index contributed by atoms with van der Waals surface area (Å²) in [6, 6.07) is 14.7. The molecule has 6 heteroatoms. The molecule has 0 aliphatic carbocycles. The van der Waals surface area contributed by atoms with Gasteiger partial charge in [0.25, 0.3) is 0 Å². The van der Waals surface area contributed by atoms with Crippen molar-refractivity contribution in [2.75, 3.05) is 0 Å². The predicted octanol–water partition coefficient (Wildman–Crippen LogP) is 4.36. The molecular formula is C17H18N2O2S2. The number of hydroxylamine groups is 2. The SMILES string of the molecule is ON=C1C[C@@H](c2cccc(S)c2)N(O)[C@H](c2cccc(S)c2)C1. The van der Waals surface area contributed by atoms with Crippen LogP contribution in [0.25, 0.3) is 0 Å². The lowest BCUT2D eigenvalue weighted by atomic mass is 9.88. The number of rotatable bonds is 2. The summed E-state index contributed by atoms with van der Waals surface area (Å²) in [7, 11) is 0. The van der Waals surface area contributed by atoms with E-state index in [2.05, 4.69) is 30.4 Å². The number of hydrogen-bond donors (Lipinski definition) is 4. The average molecular weight is 346 g/mol. The molecule has 1 aliphatic heterocycles. The van der Waals surface area contributed by atoms with E-state index in [1.165, 1.54) is 5.06 Å². The molecule has 1 heterocycles. The van der Waals surface area contributed by atoms with Crippen LogP contribution in [0.3, 0.4) is 0 Å². The Hall–Kier alpha value is -1.47. The van der Waals surface area contributed by atoms with Crippen LogP contribution in [-0.2, 0) is 0 Å². The summed E-state index contributed by atoms with van der Waals surface area (Å²) in [6.45, 7) is 0. The lowest BCUT2D eigenvalue weighted by Gasteiger charge is -2.38. The largest absolute Gasteiger partial charge is 0.411 e. The molecule has 4 nitrogen and oxygen atoms in total. The van der Waals surface area contributed by atoms with Gasteiger partial charge in [-0.3, -0.25) is 0 Å². The van der Waals surface area contributed by atoms with Gasteiger partial charge in [0.15, 0.2) is 0 Å². The van der Waals surface area contributed by atoms with Gasteiger partial charge in [-0.2, -0.15) is 5.06 Å². The molecule has 23 heavy (non-hydrogen) atoms. The van der Waals surface area contributed by atoms with Crippen LogP contribution in [0.5, 0.6) is 0 Å². The van der Waals surface area contributed by atoms with Crippen LogP contribution in [0, 0.1) is 0 Å². The zero-order valence-corrected chi connectivity index (χ0v) is 14.2. The van der Waals surface area contributed by atoms with Crippen molar-refractivity contribution in [3.05, 3.63) is 59.7 Å². The Kier molecular flexibility index (Phi) is 4.96. The molecule has 2 atom stereocenters. The normalized spacial score (nSPS) is 22.1. The zero-order valence-electron chi connectivity index (χ0n) is 12.4. The molecule has 2 aromatic carbocycles. The van der Waals surface area contributed by atoms with E-state index in [9.17, 15) is 10.4 Å². The van der Waals surface area contributed by atoms with E-state index in [0.717, 1.165) is 20.9 Å². The first-order chi connectivity index (χ1) is 11.1. The molecular weight excluding hydrogens is 328 g/mol. The maximum atomic E-state index is 10.8. The molecule has 0 unspecified atom stereocenters. The van der Waals surface area contributed by atoms with Gasteiger partial charge in [0, 0.05) is 22.6 Å². The van der Waals surface area contributed by atoms with Gasteiger partial charge < -0.3 is 10.4 Å². The maximum absolute atomic E-state index is 10.8. The minimum absolute atomic E-state index is 0.282. The second-order valence-corrected chi connectivity index (χ2v) is 6.71. The van der Waals surface area contributed by atoms with Crippen molar-refractivity contribution >= 4 is 31.0 Å². The number of benzene rings is 2. The van der Waals surface area contributed by atoms with E-state index in [0.29, 0.717) is 18.6 Å². The highest BCUT2D eigenvalue weighted by Crippen LogP contribution is 2.39. The molecule has 0 spiro atoms. The molecule has 0 radical (unpaired) electrons. The summed E-state index contributed by atoms with van der Waals surface area (Å²) in [5, 5.41) is 24.8. The third-order valence-corrected chi connectivity index (χ3v) is 4.70. The molecule has 120 valence electrons. The first-order valence-electron chi connectivity index (χ1n) is 7.33. The number of thiol groups is 2. The van der Waals surface area contributed by atoms with E-state index in [1.807, 2.05) is 48.5 Å². The third kappa shape index (κ3) is 3.55. The fourth-order valence-electron chi connectivity index (χ4n) is 3.02. The Morgan fingerprint density at radius 3 is 1.78 bits per heavy atom. The smallest absolute Gasteiger partial charge is 0.0660 e. The standard InChI is InChI=1S/C17H18N2O2S2/c20-18-13-9-16(11-3-1-5-14(22)7-11)19(21)17(10-13)12-4-2-6-15(23)8-12/h1-8,16-17,20-23H,9-10H2/t16-,17-/m0/s1. The van der Waals surface area contributed by atoms with Crippen LogP contribution in [0.1, 0.15) is 36.1 Å². The second kappa shape index (κ2) is 6.97. The monoisotopic (exact) mass is 346 g/mol. The Labute approximate surface area is 146 Å². The Morgan fingerprint density at radius 1 is 0.913 bits per heavy atom. The van der Waals surface area contributed by atoms with Crippen molar-refractivity contribution < 1.29 is 10.4 Å². The van der Waals surface area contributed by atoms with E-state index in [-0.39, 0.29) is 12.1 Å². The summed E-state index contributed by atoms with van der Waals surface area (Å²) in [6.07, 6.45) is 0.947. The van der Waals surface area contributed by atoms with Crippen LogP contribution in [0.2, 0.25) is 0 Å². The summed E-state index contributed by atoms with van der Waals surface area (Å²) < 4.78 is 0. The molecule has 0 bridgehead atoms. The Bertz CT molecular complexity index is 679. The van der Waals surface area contributed by atoms with E-state index >= 15 is 0 Å². The number of oxime groups is 1. The summed E-state index contributed by atoms with van der Waals surface area (Å²) in [5.41, 5.74) is 2.54. The van der Waals surface area contributed by atoms with Crippen LogP contribution in [0.4, 0.5) is 0 Å². The first-order valence-corrected chi connectivity index (χ1v) is 8.23. The van der Waals surface area contributed by atoms with Gasteiger partial charge >= 0.3 is 0 Å². The van der Waals surface area contributed by atoms with Crippen LogP contribution >= 0.6 is 25.3 Å². The van der Waals surface area contributed by atoms with Gasteiger partial charge in [-0.05, 0) is 35.4 Å². The quantitative estimate of drug-likeness (QED) is 0.371. The van der Waals surface area contributed by atoms with Crippen molar-refractivity contribution in [2.24, 2.45) is 5.16 Å². The molecule has 0 amide bonds. The van der Waals surface area contributed by atoms with E-state index in [4.69, 9.17) is 0 Å². The lowest BCUT2D eigenvalue weighted by Crippen LogP contribution is -2.37. The highest BCUT2D eigenvalue weighted by Gasteiger charge is 2.35. The van der Waals surface area contributed by atoms with E-state index < -0.39 is 0 Å². The molecule has 0 aromatic heterocycles. The third-order valence-electron chi connectivity index (χ3n) is 4.15. The summed E-state index contributed by atoms with van der Waals surface area (Å²) in [4.78, 5) is 1.66. The van der Waals surface area contributed by atoms with Gasteiger partial charge in [0.1, 0.15) is 0 Å². The molecule has 0 saturated carbocycles. The number of piperidine rings is 1. The van der Waals surface area contributed by atoms with Crippen molar-refractivity contribution in [1.82, 2.24) is 5.06 Å². The fraction of sp³-hybridized carbons (Fsp3) is 0.235. The Morgan fingerprint density at radius 2 is 1.39 bits per heavy atom. The minimum atomic E-state index is -0.282. The van der Waals surface area contributed by atoms with Crippen molar-refractivity contribution in [3.63, 3.8) is 0 Å². The molecule has 1 saturated heterocycles. The lowest BCUT2D eigenvalue weighted by molar-refractivity contribution is -0.167. The Balaban J connectivity index is 1.98. The van der Waals surface area contributed by atoms with Gasteiger partial charge in [0.2, 0.25) is 0 Å². The van der Waals surface area contributed by atoms with Gasteiger partial charge in [0.05, 0.1) is 17.8 Å². The molecule has 2 N–H and O–H groups in total. The van der Waals surface area contributed by atoms with Crippen molar-refractivity contribution in [2.45, 2.75) is 34.7 Å². The summed E-state index contributed by atoms with van der Waals surface area (Å²) in [5.74, 6) is 0. The number of nitrogens with zero attached hydrogens (tertiary/aromatic N) is 2. The van der Waals surface area contributed by atoms with Gasteiger partial charge in [-0.15, -0.1) is 25.3 Å². The highest BCUT2D eigenvalue weighted by molar-refractivity contribution is 7.80. The van der Waals surface area contributed by atoms with Crippen molar-refractivity contribution in [1.29, 1.82) is 0 Å². The van der Waals surface area contributed by atoms with Crippen molar-refractivity contribution in [3.8, 4) is 0 Å². The minimum Gasteiger partial charge on any atom is -0.411 e. The summed E-state index contributed by atoms with van der Waals surface area (Å²) >= 11 is 8.73. The first kappa shape index (κ1) is 16.4. The topological polar surface area (TPSA) is 56.1 Å². The molecule has 2 aromatic rings. The molecule has 1 fully saturated rings.